The van der Waals surface area contributed by atoms with Crippen molar-refractivity contribution in [2.75, 3.05) is 6.61 Å². The van der Waals surface area contributed by atoms with E-state index < -0.39 is 11.4 Å². The molecule has 0 unspecified atom stereocenters. The van der Waals surface area contributed by atoms with Gasteiger partial charge in [-0.05, 0) is 50.0 Å². The summed E-state index contributed by atoms with van der Waals surface area (Å²) < 4.78 is 5.19. The van der Waals surface area contributed by atoms with Crippen LogP contribution in [0.5, 0.6) is 0 Å². The lowest BCUT2D eigenvalue weighted by Gasteiger charge is -2.46. The zero-order chi connectivity index (χ0) is 15.0. The van der Waals surface area contributed by atoms with Gasteiger partial charge in [0.1, 0.15) is 5.41 Å². The van der Waals surface area contributed by atoms with Crippen LogP contribution in [0.25, 0.3) is 0 Å². The number of carbonyl (C=O) groups is 2. The molecular weight excluding hydrogens is 252 g/mol. The maximum absolute atomic E-state index is 12.5. The van der Waals surface area contributed by atoms with Gasteiger partial charge >= 0.3 is 5.97 Å². The largest absolute Gasteiger partial charge is 0.465 e. The number of rotatable bonds is 4. The molecule has 1 saturated carbocycles. The molecule has 2 aliphatic rings. The number of esters is 1. The molecule has 1 fully saturated rings. The highest BCUT2D eigenvalue weighted by Gasteiger charge is 2.59. The molecule has 0 bridgehead atoms. The molecular formula is C17H24O3. The fourth-order valence-electron chi connectivity index (χ4n) is 3.98. The number of fused-ring (bicyclic) bond motifs is 1. The Bertz CT molecular complexity index is 477. The van der Waals surface area contributed by atoms with E-state index >= 15 is 0 Å². The van der Waals surface area contributed by atoms with Crippen molar-refractivity contribution in [1.29, 1.82) is 0 Å². The van der Waals surface area contributed by atoms with E-state index in [2.05, 4.69) is 19.6 Å². The molecule has 0 aromatic rings. The third-order valence-electron chi connectivity index (χ3n) is 5.24. The van der Waals surface area contributed by atoms with Crippen molar-refractivity contribution in [2.24, 2.45) is 16.7 Å². The van der Waals surface area contributed by atoms with Gasteiger partial charge in [-0.2, -0.15) is 0 Å². The quantitative estimate of drug-likeness (QED) is 0.449. The first-order valence-electron chi connectivity index (χ1n) is 7.46. The second-order valence-electron chi connectivity index (χ2n) is 6.17. The standard InChI is InChI=1S/C17H24O3/c1-5-10-17-11-9-14(18)16(4,15(19)20-6-2)13(17)8-7-12(17)3/h5,8,12H,1,6-7,9-11H2,2-4H3/t12-,16+,17+/m1/s1. The van der Waals surface area contributed by atoms with E-state index in [0.717, 1.165) is 24.8 Å². The lowest BCUT2D eigenvalue weighted by molar-refractivity contribution is -0.159. The number of allylic oxidation sites excluding steroid dienone is 2. The molecule has 110 valence electrons. The predicted octanol–water partition coefficient (Wildman–Crippen LogP) is 3.45. The minimum atomic E-state index is -1.10. The molecule has 0 saturated heterocycles. The highest BCUT2D eigenvalue weighted by molar-refractivity contribution is 6.08. The maximum Gasteiger partial charge on any atom is 0.323 e. The average molecular weight is 276 g/mol. The van der Waals surface area contributed by atoms with Crippen LogP contribution in [0.15, 0.2) is 24.3 Å². The number of ketones is 1. The Morgan fingerprint density at radius 2 is 2.30 bits per heavy atom. The molecule has 0 aliphatic heterocycles. The van der Waals surface area contributed by atoms with Gasteiger partial charge in [0.2, 0.25) is 0 Å². The van der Waals surface area contributed by atoms with Crippen LogP contribution in [0, 0.1) is 16.7 Å². The lowest BCUT2D eigenvalue weighted by atomic mass is 9.56. The molecule has 20 heavy (non-hydrogen) atoms. The second kappa shape index (κ2) is 5.19. The number of carbonyl (C=O) groups excluding carboxylic acids is 2. The van der Waals surface area contributed by atoms with Gasteiger partial charge in [0, 0.05) is 6.42 Å². The van der Waals surface area contributed by atoms with Crippen LogP contribution in [0.3, 0.4) is 0 Å². The molecule has 2 rings (SSSR count). The lowest BCUT2D eigenvalue weighted by Crippen LogP contribution is -2.49. The van der Waals surface area contributed by atoms with Gasteiger partial charge in [0.05, 0.1) is 6.61 Å². The molecule has 0 amide bonds. The highest BCUT2D eigenvalue weighted by Crippen LogP contribution is 2.59. The molecule has 0 heterocycles. The molecule has 0 spiro atoms. The Kier molecular flexibility index (Phi) is 3.90. The number of hydrogen-bond donors (Lipinski definition) is 0. The van der Waals surface area contributed by atoms with Gasteiger partial charge in [-0.3, -0.25) is 9.59 Å². The van der Waals surface area contributed by atoms with Gasteiger partial charge < -0.3 is 4.74 Å². The zero-order valence-electron chi connectivity index (χ0n) is 12.7. The zero-order valence-corrected chi connectivity index (χ0v) is 12.7. The third-order valence-corrected chi connectivity index (χ3v) is 5.24. The third kappa shape index (κ3) is 1.87. The van der Waals surface area contributed by atoms with Crippen LogP contribution < -0.4 is 0 Å². The van der Waals surface area contributed by atoms with Crippen molar-refractivity contribution < 1.29 is 14.3 Å². The Morgan fingerprint density at radius 3 is 2.90 bits per heavy atom. The first-order valence-corrected chi connectivity index (χ1v) is 7.46. The minimum absolute atomic E-state index is 0.00372. The molecule has 0 aromatic heterocycles. The van der Waals surface area contributed by atoms with Crippen molar-refractivity contribution in [3.8, 4) is 0 Å². The SMILES string of the molecule is C=CC[C@@]12CCC(=O)[C@@](C)(C(=O)OCC)C1=CC[C@H]2C. The summed E-state index contributed by atoms with van der Waals surface area (Å²) in [6.07, 6.45) is 7.03. The summed E-state index contributed by atoms with van der Waals surface area (Å²) in [6.45, 7) is 9.89. The van der Waals surface area contributed by atoms with Crippen LogP contribution >= 0.6 is 0 Å². The molecule has 3 atom stereocenters. The van der Waals surface area contributed by atoms with E-state index in [9.17, 15) is 9.59 Å². The van der Waals surface area contributed by atoms with Crippen molar-refractivity contribution in [2.45, 2.75) is 46.5 Å². The van der Waals surface area contributed by atoms with Crippen molar-refractivity contribution in [1.82, 2.24) is 0 Å². The molecule has 3 nitrogen and oxygen atoms in total. The topological polar surface area (TPSA) is 43.4 Å². The number of ether oxygens (including phenoxy) is 1. The summed E-state index contributed by atoms with van der Waals surface area (Å²) in [5.41, 5.74) is -0.203. The van der Waals surface area contributed by atoms with Crippen molar-refractivity contribution in [3.05, 3.63) is 24.3 Å². The van der Waals surface area contributed by atoms with Gasteiger partial charge in [-0.15, -0.1) is 6.58 Å². The Morgan fingerprint density at radius 1 is 1.60 bits per heavy atom. The van der Waals surface area contributed by atoms with Crippen molar-refractivity contribution >= 4 is 11.8 Å². The van der Waals surface area contributed by atoms with E-state index in [0.29, 0.717) is 18.9 Å². The monoisotopic (exact) mass is 276 g/mol. The molecule has 2 aliphatic carbocycles. The molecule has 0 aromatic carbocycles. The summed E-state index contributed by atoms with van der Waals surface area (Å²) in [4.78, 5) is 24.9. The smallest absolute Gasteiger partial charge is 0.323 e. The van der Waals surface area contributed by atoms with E-state index in [-0.39, 0.29) is 11.2 Å². The van der Waals surface area contributed by atoms with Crippen LogP contribution in [0.2, 0.25) is 0 Å². The van der Waals surface area contributed by atoms with E-state index in [1.807, 2.05) is 6.08 Å². The normalized spacial score (nSPS) is 36.2. The first-order chi connectivity index (χ1) is 9.43. The van der Waals surface area contributed by atoms with Gasteiger partial charge in [0.25, 0.3) is 0 Å². The summed E-state index contributed by atoms with van der Waals surface area (Å²) in [5.74, 6) is 0.0480. The van der Waals surface area contributed by atoms with Gasteiger partial charge in [-0.25, -0.2) is 0 Å². The van der Waals surface area contributed by atoms with Crippen LogP contribution in [0.1, 0.15) is 46.5 Å². The summed E-state index contributed by atoms with van der Waals surface area (Å²) >= 11 is 0. The van der Waals surface area contributed by atoms with Crippen LogP contribution in [-0.2, 0) is 14.3 Å². The maximum atomic E-state index is 12.5. The van der Waals surface area contributed by atoms with Crippen LogP contribution in [-0.4, -0.2) is 18.4 Å². The van der Waals surface area contributed by atoms with Crippen LogP contribution in [0.4, 0.5) is 0 Å². The summed E-state index contributed by atoms with van der Waals surface area (Å²) in [7, 11) is 0. The predicted molar refractivity (Wildman–Crippen MR) is 78.1 cm³/mol. The van der Waals surface area contributed by atoms with Gasteiger partial charge in [-0.1, -0.05) is 19.1 Å². The molecule has 3 heteroatoms. The van der Waals surface area contributed by atoms with E-state index in [1.165, 1.54) is 0 Å². The Balaban J connectivity index is 2.49. The Labute approximate surface area is 121 Å². The summed E-state index contributed by atoms with van der Waals surface area (Å²) in [6, 6.07) is 0. The highest BCUT2D eigenvalue weighted by atomic mass is 16.5. The fraction of sp³-hybridized carbons (Fsp3) is 0.647. The summed E-state index contributed by atoms with van der Waals surface area (Å²) in [5, 5.41) is 0. The van der Waals surface area contributed by atoms with Crippen molar-refractivity contribution in [3.63, 3.8) is 0 Å². The van der Waals surface area contributed by atoms with E-state index in [1.54, 1.807) is 13.8 Å². The number of hydrogen-bond acceptors (Lipinski definition) is 3. The fourth-order valence-corrected chi connectivity index (χ4v) is 3.98. The Hall–Kier alpha value is -1.38. The van der Waals surface area contributed by atoms with Gasteiger partial charge in [0.15, 0.2) is 5.78 Å². The number of Topliss-reactive ketones (excluding diaryl/α,β-unsaturated/α-hetero) is 1. The second-order valence-corrected chi connectivity index (χ2v) is 6.17. The molecule has 0 radical (unpaired) electrons. The average Bonchev–Trinajstić information content (AvgIpc) is 2.74. The first kappa shape index (κ1) is 15.0. The molecule has 0 N–H and O–H groups in total. The minimum Gasteiger partial charge on any atom is -0.465 e. The van der Waals surface area contributed by atoms with E-state index in [4.69, 9.17) is 4.74 Å².